The van der Waals surface area contributed by atoms with Gasteiger partial charge in [-0.1, -0.05) is 17.7 Å². The number of hydrogen-bond donors (Lipinski definition) is 1. The van der Waals surface area contributed by atoms with Crippen LogP contribution >= 0.6 is 11.6 Å². The maximum absolute atomic E-state index is 10.9. The second kappa shape index (κ2) is 6.10. The highest BCUT2D eigenvalue weighted by Gasteiger charge is 2.18. The Hall–Kier alpha value is -1.21. The molecule has 6 nitrogen and oxygen atoms in total. The van der Waals surface area contributed by atoms with Crippen molar-refractivity contribution < 1.29 is 9.66 Å². The first kappa shape index (κ1) is 13.2. The van der Waals surface area contributed by atoms with Crippen molar-refractivity contribution in [2.75, 3.05) is 26.3 Å². The van der Waals surface area contributed by atoms with Crippen LogP contribution in [0.4, 0.5) is 5.69 Å². The molecule has 18 heavy (non-hydrogen) atoms. The van der Waals surface area contributed by atoms with Gasteiger partial charge in [-0.3, -0.25) is 15.5 Å². The van der Waals surface area contributed by atoms with E-state index in [-0.39, 0.29) is 5.69 Å². The molecular formula is C11H14ClN3O3. The zero-order chi connectivity index (χ0) is 13.0. The van der Waals surface area contributed by atoms with Crippen molar-refractivity contribution >= 4 is 17.3 Å². The lowest BCUT2D eigenvalue weighted by Gasteiger charge is -2.27. The normalized spacial score (nSPS) is 16.7. The molecule has 0 aromatic heterocycles. The Kier molecular flexibility index (Phi) is 4.48. The van der Waals surface area contributed by atoms with Crippen molar-refractivity contribution in [2.24, 2.45) is 0 Å². The third-order valence-electron chi connectivity index (χ3n) is 2.78. The molecule has 0 spiro atoms. The zero-order valence-electron chi connectivity index (χ0n) is 9.76. The van der Waals surface area contributed by atoms with E-state index < -0.39 is 4.92 Å². The molecule has 1 aromatic carbocycles. The fourth-order valence-corrected chi connectivity index (χ4v) is 2.04. The monoisotopic (exact) mass is 271 g/mol. The average Bonchev–Trinajstić information content (AvgIpc) is 2.38. The number of ether oxygens (including phenoxy) is 1. The standard InChI is InChI=1S/C11H14ClN3O3/c12-10-2-1-3-11(15(16)17)9(10)8-13-14-4-6-18-7-5-14/h1-3,13H,4-8H2. The van der Waals surface area contributed by atoms with Crippen LogP contribution in [0.1, 0.15) is 5.56 Å². The molecule has 98 valence electrons. The van der Waals surface area contributed by atoms with Crippen LogP contribution in [0.3, 0.4) is 0 Å². The lowest BCUT2D eigenvalue weighted by molar-refractivity contribution is -0.385. The van der Waals surface area contributed by atoms with Crippen molar-refractivity contribution in [2.45, 2.75) is 6.54 Å². The van der Waals surface area contributed by atoms with Crippen molar-refractivity contribution in [3.05, 3.63) is 38.9 Å². The smallest absolute Gasteiger partial charge is 0.275 e. The number of benzene rings is 1. The van der Waals surface area contributed by atoms with Crippen molar-refractivity contribution in [3.63, 3.8) is 0 Å². The van der Waals surface area contributed by atoms with Gasteiger partial charge >= 0.3 is 0 Å². The predicted molar refractivity (Wildman–Crippen MR) is 67.3 cm³/mol. The topological polar surface area (TPSA) is 67.6 Å². The number of hydrogen-bond acceptors (Lipinski definition) is 5. The highest BCUT2D eigenvalue weighted by Crippen LogP contribution is 2.25. The molecule has 0 bridgehead atoms. The van der Waals surface area contributed by atoms with Crippen LogP contribution < -0.4 is 5.43 Å². The van der Waals surface area contributed by atoms with E-state index in [1.165, 1.54) is 6.07 Å². The summed E-state index contributed by atoms with van der Waals surface area (Å²) < 4.78 is 5.22. The first-order valence-corrected chi connectivity index (χ1v) is 6.04. The summed E-state index contributed by atoms with van der Waals surface area (Å²) in [5.41, 5.74) is 3.69. The Labute approximate surface area is 110 Å². The van der Waals surface area contributed by atoms with E-state index in [1.54, 1.807) is 12.1 Å². The molecule has 0 amide bonds. The Morgan fingerprint density at radius 3 is 2.83 bits per heavy atom. The summed E-state index contributed by atoms with van der Waals surface area (Å²) in [5.74, 6) is 0. The average molecular weight is 272 g/mol. The first-order chi connectivity index (χ1) is 8.68. The van der Waals surface area contributed by atoms with E-state index in [0.29, 0.717) is 30.3 Å². The Bertz CT molecular complexity index is 436. The number of nitrogens with zero attached hydrogens (tertiary/aromatic N) is 2. The van der Waals surface area contributed by atoms with Crippen molar-refractivity contribution in [1.82, 2.24) is 10.4 Å². The van der Waals surface area contributed by atoms with Crippen molar-refractivity contribution in [3.8, 4) is 0 Å². The van der Waals surface area contributed by atoms with Gasteiger partial charge in [0.1, 0.15) is 0 Å². The first-order valence-electron chi connectivity index (χ1n) is 5.66. The van der Waals surface area contributed by atoms with E-state index in [2.05, 4.69) is 5.43 Å². The van der Waals surface area contributed by atoms with Gasteiger partial charge in [-0.05, 0) is 6.07 Å². The second-order valence-electron chi connectivity index (χ2n) is 3.93. The number of nitrogens with one attached hydrogen (secondary N) is 1. The van der Waals surface area contributed by atoms with Crippen LogP contribution in [0.5, 0.6) is 0 Å². The molecule has 7 heteroatoms. The molecule has 1 aliphatic rings. The molecular weight excluding hydrogens is 258 g/mol. The molecule has 2 rings (SSSR count). The fourth-order valence-electron chi connectivity index (χ4n) is 1.81. The summed E-state index contributed by atoms with van der Waals surface area (Å²) in [6.45, 7) is 3.20. The minimum absolute atomic E-state index is 0.0447. The quantitative estimate of drug-likeness (QED) is 0.665. The third-order valence-corrected chi connectivity index (χ3v) is 3.14. The SMILES string of the molecule is O=[N+]([O-])c1cccc(Cl)c1CNN1CCOCC1. The van der Waals surface area contributed by atoms with Gasteiger partial charge in [-0.25, -0.2) is 5.01 Å². The van der Waals surface area contributed by atoms with E-state index in [1.807, 2.05) is 5.01 Å². The molecule has 0 aliphatic carbocycles. The summed E-state index contributed by atoms with van der Waals surface area (Å²) in [4.78, 5) is 10.5. The number of morpholine rings is 1. The molecule has 1 saturated heterocycles. The molecule has 0 unspecified atom stereocenters. The summed E-state index contributed by atoms with van der Waals surface area (Å²) in [5, 5.41) is 13.3. The van der Waals surface area contributed by atoms with Crippen LogP contribution in [0, 0.1) is 10.1 Å². The number of hydrazine groups is 1. The van der Waals surface area contributed by atoms with Gasteiger partial charge in [-0.2, -0.15) is 0 Å². The Balaban J connectivity index is 2.05. The minimum Gasteiger partial charge on any atom is -0.379 e. The summed E-state index contributed by atoms with van der Waals surface area (Å²) in [7, 11) is 0. The number of rotatable bonds is 4. The van der Waals surface area contributed by atoms with E-state index in [4.69, 9.17) is 16.3 Å². The maximum Gasteiger partial charge on any atom is 0.275 e. The second-order valence-corrected chi connectivity index (χ2v) is 4.34. The van der Waals surface area contributed by atoms with Gasteiger partial charge in [-0.15, -0.1) is 0 Å². The molecule has 1 aliphatic heterocycles. The third kappa shape index (κ3) is 3.17. The summed E-state index contributed by atoms with van der Waals surface area (Å²) >= 11 is 6.00. The highest BCUT2D eigenvalue weighted by molar-refractivity contribution is 6.31. The molecule has 1 heterocycles. The van der Waals surface area contributed by atoms with Gasteiger partial charge < -0.3 is 4.74 Å². The molecule has 0 atom stereocenters. The van der Waals surface area contributed by atoms with Crippen LogP contribution in [0.2, 0.25) is 5.02 Å². The van der Waals surface area contributed by atoms with Crippen LogP contribution in [0.15, 0.2) is 18.2 Å². The van der Waals surface area contributed by atoms with E-state index >= 15 is 0 Å². The molecule has 0 saturated carbocycles. The zero-order valence-corrected chi connectivity index (χ0v) is 10.5. The summed E-state index contributed by atoms with van der Waals surface area (Å²) in [6, 6.07) is 4.70. The predicted octanol–water partition coefficient (Wildman–Crippen LogP) is 1.59. The fraction of sp³-hybridized carbons (Fsp3) is 0.455. The van der Waals surface area contributed by atoms with E-state index in [0.717, 1.165) is 13.1 Å². The minimum atomic E-state index is -0.414. The lowest BCUT2D eigenvalue weighted by atomic mass is 10.2. The number of nitro groups is 1. The van der Waals surface area contributed by atoms with E-state index in [9.17, 15) is 10.1 Å². The Morgan fingerprint density at radius 2 is 2.17 bits per heavy atom. The lowest BCUT2D eigenvalue weighted by Crippen LogP contribution is -2.45. The maximum atomic E-state index is 10.9. The number of halogens is 1. The number of nitro benzene ring substituents is 1. The molecule has 1 fully saturated rings. The van der Waals surface area contributed by atoms with Crippen molar-refractivity contribution in [1.29, 1.82) is 0 Å². The van der Waals surface area contributed by atoms with Gasteiger partial charge in [0.15, 0.2) is 0 Å². The van der Waals surface area contributed by atoms with Crippen LogP contribution in [0.25, 0.3) is 0 Å². The van der Waals surface area contributed by atoms with Crippen LogP contribution in [-0.2, 0) is 11.3 Å². The molecule has 1 aromatic rings. The molecule has 0 radical (unpaired) electrons. The van der Waals surface area contributed by atoms with Gasteiger partial charge in [0, 0.05) is 25.7 Å². The van der Waals surface area contributed by atoms with Gasteiger partial charge in [0.2, 0.25) is 0 Å². The highest BCUT2D eigenvalue weighted by atomic mass is 35.5. The molecule has 1 N–H and O–H groups in total. The largest absolute Gasteiger partial charge is 0.379 e. The van der Waals surface area contributed by atoms with Gasteiger partial charge in [0.25, 0.3) is 5.69 Å². The van der Waals surface area contributed by atoms with Crippen LogP contribution in [-0.4, -0.2) is 36.2 Å². The summed E-state index contributed by atoms with van der Waals surface area (Å²) in [6.07, 6.45) is 0. The Morgan fingerprint density at radius 1 is 1.44 bits per heavy atom. The van der Waals surface area contributed by atoms with Gasteiger partial charge in [0.05, 0.1) is 28.7 Å².